The van der Waals surface area contributed by atoms with Crippen LogP contribution in [0.1, 0.15) is 18.9 Å². The van der Waals surface area contributed by atoms with Gasteiger partial charge in [0.15, 0.2) is 0 Å². The number of anilines is 1. The first-order valence-electron chi connectivity index (χ1n) is 4.75. The molecule has 0 aliphatic carbocycles. The van der Waals surface area contributed by atoms with E-state index in [1.54, 1.807) is 11.3 Å². The van der Waals surface area contributed by atoms with Crippen molar-refractivity contribution in [3.8, 4) is 0 Å². The number of hydrogen-bond donors (Lipinski definition) is 0. The van der Waals surface area contributed by atoms with E-state index < -0.39 is 0 Å². The van der Waals surface area contributed by atoms with Crippen molar-refractivity contribution in [2.24, 2.45) is 0 Å². The number of aryl methyl sites for hydroxylation is 1. The fourth-order valence-electron chi connectivity index (χ4n) is 1.02. The molecule has 0 amide bonds. The third kappa shape index (κ3) is 3.13. The van der Waals surface area contributed by atoms with Gasteiger partial charge in [-0.3, -0.25) is 0 Å². The van der Waals surface area contributed by atoms with Gasteiger partial charge in [-0.1, -0.05) is 18.3 Å². The number of rotatable bonds is 5. The Morgan fingerprint density at radius 3 is 2.71 bits per heavy atom. The van der Waals surface area contributed by atoms with Gasteiger partial charge in [0.05, 0.1) is 0 Å². The Morgan fingerprint density at radius 1 is 1.50 bits per heavy atom. The van der Waals surface area contributed by atoms with Gasteiger partial charge in [-0.15, -0.1) is 10.2 Å². The summed E-state index contributed by atoms with van der Waals surface area (Å²) in [6.45, 7) is 6.40. The van der Waals surface area contributed by atoms with Crippen LogP contribution in [0.2, 0.25) is 0 Å². The molecule has 0 saturated carbocycles. The molecule has 0 radical (unpaired) electrons. The molecule has 0 fully saturated rings. The van der Waals surface area contributed by atoms with Crippen LogP contribution in [0.4, 0.5) is 5.13 Å². The molecule has 1 heterocycles. The number of thioether (sulfide) groups is 1. The molecule has 0 aromatic carbocycles. The number of nitrogens with zero attached hydrogens (tertiary/aromatic N) is 3. The summed E-state index contributed by atoms with van der Waals surface area (Å²) in [5.41, 5.74) is 0. The molecule has 80 valence electrons. The van der Waals surface area contributed by atoms with Gasteiger partial charge in [-0.05, 0) is 19.6 Å². The highest BCUT2D eigenvalue weighted by atomic mass is 32.2. The Balaban J connectivity index is 2.51. The summed E-state index contributed by atoms with van der Waals surface area (Å²) in [5, 5.41) is 10.2. The number of hydrogen-bond acceptors (Lipinski definition) is 5. The van der Waals surface area contributed by atoms with Gasteiger partial charge >= 0.3 is 0 Å². The summed E-state index contributed by atoms with van der Waals surface area (Å²) < 4.78 is 0. The van der Waals surface area contributed by atoms with E-state index in [-0.39, 0.29) is 0 Å². The lowest BCUT2D eigenvalue weighted by molar-refractivity contribution is 0.755. The van der Waals surface area contributed by atoms with Gasteiger partial charge in [0.25, 0.3) is 0 Å². The average molecular weight is 231 g/mol. The first kappa shape index (κ1) is 11.8. The standard InChI is InChI=1S/C9H17N3S2/c1-5-13-6-7(2)12(4)9-11-10-8(3)14-9/h7H,5-6H2,1-4H3/t7-/m0/s1. The summed E-state index contributed by atoms with van der Waals surface area (Å²) in [5.74, 6) is 2.32. The van der Waals surface area contributed by atoms with Crippen molar-refractivity contribution >= 4 is 28.2 Å². The van der Waals surface area contributed by atoms with Crippen LogP contribution in [0.15, 0.2) is 0 Å². The van der Waals surface area contributed by atoms with Crippen LogP contribution in [-0.2, 0) is 0 Å². The van der Waals surface area contributed by atoms with Gasteiger partial charge in [-0.25, -0.2) is 0 Å². The zero-order chi connectivity index (χ0) is 10.6. The Labute approximate surface area is 93.9 Å². The quantitative estimate of drug-likeness (QED) is 0.778. The van der Waals surface area contributed by atoms with Crippen LogP contribution in [0.25, 0.3) is 0 Å². The summed E-state index contributed by atoms with van der Waals surface area (Å²) in [6, 6.07) is 0.521. The summed E-state index contributed by atoms with van der Waals surface area (Å²) >= 11 is 3.61. The highest BCUT2D eigenvalue weighted by Gasteiger charge is 2.13. The van der Waals surface area contributed by atoms with E-state index >= 15 is 0 Å². The SMILES string of the molecule is CCSC[C@H](C)N(C)c1nnc(C)s1. The predicted octanol–water partition coefficient (Wildman–Crippen LogP) is 2.42. The molecule has 0 unspecified atom stereocenters. The zero-order valence-electron chi connectivity index (χ0n) is 9.15. The largest absolute Gasteiger partial charge is 0.346 e. The Morgan fingerprint density at radius 2 is 2.21 bits per heavy atom. The zero-order valence-corrected chi connectivity index (χ0v) is 10.8. The maximum atomic E-state index is 4.13. The third-order valence-electron chi connectivity index (χ3n) is 2.04. The van der Waals surface area contributed by atoms with Gasteiger partial charge in [0, 0.05) is 18.8 Å². The van der Waals surface area contributed by atoms with E-state index in [9.17, 15) is 0 Å². The van der Waals surface area contributed by atoms with Crippen LogP contribution in [0, 0.1) is 6.92 Å². The fourth-order valence-corrected chi connectivity index (χ4v) is 2.57. The molecule has 0 aliphatic heterocycles. The minimum absolute atomic E-state index is 0.521. The summed E-state index contributed by atoms with van der Waals surface area (Å²) in [4.78, 5) is 2.20. The second-order valence-electron chi connectivity index (χ2n) is 3.22. The van der Waals surface area contributed by atoms with E-state index in [1.165, 1.54) is 5.75 Å². The van der Waals surface area contributed by atoms with Crippen molar-refractivity contribution in [3.63, 3.8) is 0 Å². The number of aromatic nitrogens is 2. The molecular formula is C9H17N3S2. The van der Waals surface area contributed by atoms with Crippen molar-refractivity contribution in [2.45, 2.75) is 26.8 Å². The maximum Gasteiger partial charge on any atom is 0.208 e. The molecule has 1 aromatic heterocycles. The van der Waals surface area contributed by atoms with Crippen molar-refractivity contribution in [1.29, 1.82) is 0 Å². The van der Waals surface area contributed by atoms with E-state index in [4.69, 9.17) is 0 Å². The molecule has 0 bridgehead atoms. The smallest absolute Gasteiger partial charge is 0.208 e. The van der Waals surface area contributed by atoms with Gasteiger partial charge < -0.3 is 4.90 Å². The molecule has 1 aromatic rings. The highest BCUT2D eigenvalue weighted by Crippen LogP contribution is 2.21. The minimum atomic E-state index is 0.521. The molecule has 0 saturated heterocycles. The Kier molecular flexibility index (Phi) is 4.68. The van der Waals surface area contributed by atoms with Crippen LogP contribution >= 0.6 is 23.1 Å². The van der Waals surface area contributed by atoms with Gasteiger partial charge in [0.2, 0.25) is 5.13 Å². The van der Waals surface area contributed by atoms with Crippen molar-refractivity contribution < 1.29 is 0 Å². The lowest BCUT2D eigenvalue weighted by atomic mass is 10.4. The van der Waals surface area contributed by atoms with Crippen LogP contribution in [0.5, 0.6) is 0 Å². The molecule has 14 heavy (non-hydrogen) atoms. The van der Waals surface area contributed by atoms with Crippen LogP contribution in [-0.4, -0.2) is 34.8 Å². The fraction of sp³-hybridized carbons (Fsp3) is 0.778. The normalized spacial score (nSPS) is 12.9. The maximum absolute atomic E-state index is 4.13. The van der Waals surface area contributed by atoms with Crippen LogP contribution in [0.3, 0.4) is 0 Å². The van der Waals surface area contributed by atoms with Crippen LogP contribution < -0.4 is 4.90 Å². The summed E-state index contributed by atoms with van der Waals surface area (Å²) in [6.07, 6.45) is 0. The third-order valence-corrected chi connectivity index (χ3v) is 4.10. The van der Waals surface area contributed by atoms with Gasteiger partial charge in [-0.2, -0.15) is 11.8 Å². The summed E-state index contributed by atoms with van der Waals surface area (Å²) in [7, 11) is 2.08. The molecule has 1 rings (SSSR count). The van der Waals surface area contributed by atoms with Crippen molar-refractivity contribution in [2.75, 3.05) is 23.5 Å². The molecule has 1 atom stereocenters. The van der Waals surface area contributed by atoms with E-state index in [0.29, 0.717) is 6.04 Å². The molecule has 0 aliphatic rings. The molecule has 3 nitrogen and oxygen atoms in total. The Hall–Kier alpha value is -0.290. The molecular weight excluding hydrogens is 214 g/mol. The lowest BCUT2D eigenvalue weighted by Crippen LogP contribution is -2.30. The second-order valence-corrected chi connectivity index (χ2v) is 5.70. The molecule has 0 spiro atoms. The van der Waals surface area contributed by atoms with Crippen molar-refractivity contribution in [1.82, 2.24) is 10.2 Å². The van der Waals surface area contributed by atoms with E-state index in [2.05, 4.69) is 36.0 Å². The van der Waals surface area contributed by atoms with Crippen molar-refractivity contribution in [3.05, 3.63) is 5.01 Å². The topological polar surface area (TPSA) is 29.0 Å². The second kappa shape index (κ2) is 5.56. The first-order valence-corrected chi connectivity index (χ1v) is 6.73. The lowest BCUT2D eigenvalue weighted by Gasteiger charge is -2.23. The molecule has 0 N–H and O–H groups in total. The first-order chi connectivity index (χ1) is 6.65. The predicted molar refractivity (Wildman–Crippen MR) is 65.5 cm³/mol. The molecule has 5 heteroatoms. The average Bonchev–Trinajstić information content (AvgIpc) is 2.60. The van der Waals surface area contributed by atoms with Gasteiger partial charge in [0.1, 0.15) is 5.01 Å². The van der Waals surface area contributed by atoms with E-state index in [1.807, 2.05) is 18.7 Å². The van der Waals surface area contributed by atoms with E-state index in [0.717, 1.165) is 15.9 Å². The monoisotopic (exact) mass is 231 g/mol. The Bertz CT molecular complexity index is 275. The minimum Gasteiger partial charge on any atom is -0.346 e. The highest BCUT2D eigenvalue weighted by molar-refractivity contribution is 7.99.